The molecule has 0 bridgehead atoms. The van der Waals surface area contributed by atoms with E-state index in [4.69, 9.17) is 20.3 Å². The van der Waals surface area contributed by atoms with Crippen molar-refractivity contribution in [1.82, 2.24) is 19.5 Å². The quantitative estimate of drug-likeness (QED) is 0.200. The Balaban J connectivity index is 0.00000220. The van der Waals surface area contributed by atoms with Crippen molar-refractivity contribution in [3.8, 4) is 0 Å². The van der Waals surface area contributed by atoms with Crippen LogP contribution >= 0.6 is 7.60 Å². The molecule has 0 aliphatic carbocycles. The summed E-state index contributed by atoms with van der Waals surface area (Å²) in [5.41, 5.74) is 5.49. The van der Waals surface area contributed by atoms with E-state index >= 15 is 0 Å². The maximum Gasteiger partial charge on any atom is 0.351 e. The molecule has 22 heavy (non-hydrogen) atoms. The minimum Gasteiger partial charge on any atom is -0.369 e. The van der Waals surface area contributed by atoms with Crippen LogP contribution in [0.2, 0.25) is 0 Å². The van der Waals surface area contributed by atoms with Crippen molar-refractivity contribution < 1.29 is 23.8 Å². The summed E-state index contributed by atoms with van der Waals surface area (Å²) in [6, 6.07) is 0. The second kappa shape index (κ2) is 9.50. The summed E-state index contributed by atoms with van der Waals surface area (Å²) in [7, 11) is -4.23. The van der Waals surface area contributed by atoms with Crippen LogP contribution in [0.15, 0.2) is 11.1 Å². The van der Waals surface area contributed by atoms with Crippen LogP contribution < -0.4 is 11.3 Å². The van der Waals surface area contributed by atoms with Crippen LogP contribution in [-0.2, 0) is 20.8 Å². The molecule has 14 heteroatoms. The first-order valence-corrected chi connectivity index (χ1v) is 7.08. The van der Waals surface area contributed by atoms with Crippen LogP contribution in [0.4, 0.5) is 5.95 Å². The van der Waals surface area contributed by atoms with Crippen molar-refractivity contribution in [2.75, 3.05) is 18.9 Å². The molecule has 0 aliphatic rings. The fourth-order valence-electron chi connectivity index (χ4n) is 1.45. The SMILES string of the molecule is Nc1nc(=O)c2[nH]cnc2n1COCOCP(=O)(O)O.[Na].[Na]. The first-order chi connectivity index (χ1) is 9.38. The summed E-state index contributed by atoms with van der Waals surface area (Å²) in [5, 5.41) is 0. The van der Waals surface area contributed by atoms with Gasteiger partial charge in [0.15, 0.2) is 17.5 Å². The normalized spacial score (nSPS) is 11.0. The maximum atomic E-state index is 11.5. The fraction of sp³-hybridized carbons (Fsp3) is 0.375. The van der Waals surface area contributed by atoms with Gasteiger partial charge in [0.1, 0.15) is 13.5 Å². The fourth-order valence-corrected chi connectivity index (χ4v) is 1.76. The van der Waals surface area contributed by atoms with Gasteiger partial charge in [-0.2, -0.15) is 4.98 Å². The Labute approximate surface area is 168 Å². The first kappa shape index (κ1) is 22.2. The van der Waals surface area contributed by atoms with Gasteiger partial charge in [-0.3, -0.25) is 13.9 Å². The number of aromatic nitrogens is 4. The zero-order valence-corrected chi connectivity index (χ0v) is 17.0. The molecule has 0 atom stereocenters. The number of ether oxygens (including phenoxy) is 2. The predicted octanol–water partition coefficient (Wildman–Crippen LogP) is -1.98. The van der Waals surface area contributed by atoms with Crippen molar-refractivity contribution in [1.29, 1.82) is 0 Å². The van der Waals surface area contributed by atoms with E-state index in [-0.39, 0.29) is 89.8 Å². The number of hydrogen-bond acceptors (Lipinski definition) is 7. The third kappa shape index (κ3) is 6.02. The molecule has 0 saturated heterocycles. The van der Waals surface area contributed by atoms with Crippen molar-refractivity contribution in [3.63, 3.8) is 0 Å². The molecular formula is C8H12N5Na2O6P. The molecule has 0 spiro atoms. The molecule has 112 valence electrons. The van der Waals surface area contributed by atoms with Crippen LogP contribution in [0.25, 0.3) is 11.2 Å². The Morgan fingerprint density at radius 2 is 2.05 bits per heavy atom. The van der Waals surface area contributed by atoms with Gasteiger partial charge in [-0.15, -0.1) is 0 Å². The number of fused-ring (bicyclic) bond motifs is 1. The molecule has 0 fully saturated rings. The number of nitrogen functional groups attached to an aromatic ring is 1. The van der Waals surface area contributed by atoms with E-state index in [2.05, 4.69) is 19.7 Å². The smallest absolute Gasteiger partial charge is 0.351 e. The molecule has 11 nitrogen and oxygen atoms in total. The van der Waals surface area contributed by atoms with Gasteiger partial charge >= 0.3 is 13.2 Å². The Bertz CT molecular complexity index is 715. The predicted molar refractivity (Wildman–Crippen MR) is 78.0 cm³/mol. The van der Waals surface area contributed by atoms with Crippen molar-refractivity contribution in [3.05, 3.63) is 16.7 Å². The third-order valence-corrected chi connectivity index (χ3v) is 2.75. The zero-order valence-electron chi connectivity index (χ0n) is 12.1. The van der Waals surface area contributed by atoms with Crippen LogP contribution in [-0.4, -0.2) is 102 Å². The Kier molecular flexibility index (Phi) is 9.59. The van der Waals surface area contributed by atoms with E-state index in [1.54, 1.807) is 0 Å². The van der Waals surface area contributed by atoms with Gasteiger partial charge in [0.2, 0.25) is 5.95 Å². The standard InChI is InChI=1S/C8H12N5O6P.2Na/c9-8-12-7(14)5-6(11-1-10-5)13(8)2-18-3-19-4-20(15,16)17;;/h1H,2-4H2,(H,10,11)(H2,9,12,14)(H2,15,16,17);;. The van der Waals surface area contributed by atoms with Gasteiger partial charge in [0.25, 0.3) is 0 Å². The van der Waals surface area contributed by atoms with E-state index in [0.29, 0.717) is 0 Å². The van der Waals surface area contributed by atoms with Crippen LogP contribution in [0.3, 0.4) is 0 Å². The topological polar surface area (TPSA) is 166 Å². The average Bonchev–Trinajstić information content (AvgIpc) is 2.80. The van der Waals surface area contributed by atoms with E-state index in [9.17, 15) is 9.36 Å². The molecule has 0 unspecified atom stereocenters. The van der Waals surface area contributed by atoms with E-state index in [1.165, 1.54) is 10.9 Å². The van der Waals surface area contributed by atoms with E-state index in [1.807, 2.05) is 0 Å². The number of rotatable bonds is 6. The van der Waals surface area contributed by atoms with Gasteiger partial charge < -0.3 is 30.0 Å². The molecule has 0 saturated carbocycles. The van der Waals surface area contributed by atoms with Crippen molar-refractivity contribution in [2.24, 2.45) is 0 Å². The molecule has 5 N–H and O–H groups in total. The van der Waals surface area contributed by atoms with Crippen molar-refractivity contribution >= 4 is 83.8 Å². The summed E-state index contributed by atoms with van der Waals surface area (Å²) in [6.45, 7) is -0.496. The number of anilines is 1. The minimum atomic E-state index is -4.23. The second-order valence-electron chi connectivity index (χ2n) is 3.75. The number of hydrogen-bond donors (Lipinski definition) is 4. The number of imidazole rings is 1. The molecule has 2 heterocycles. The molecule has 2 aromatic heterocycles. The molecule has 2 aromatic rings. The molecule has 0 aliphatic heterocycles. The number of aromatic amines is 1. The number of H-pyrrole nitrogens is 1. The molecule has 2 rings (SSSR count). The Morgan fingerprint density at radius 3 is 2.68 bits per heavy atom. The third-order valence-electron chi connectivity index (χ3n) is 2.23. The molecule has 2 radical (unpaired) electrons. The van der Waals surface area contributed by atoms with Gasteiger partial charge in [0, 0.05) is 59.1 Å². The van der Waals surface area contributed by atoms with E-state index < -0.39 is 19.5 Å². The molecule has 0 amide bonds. The Morgan fingerprint density at radius 1 is 1.36 bits per heavy atom. The zero-order chi connectivity index (χ0) is 14.8. The summed E-state index contributed by atoms with van der Waals surface area (Å²) >= 11 is 0. The second-order valence-corrected chi connectivity index (χ2v) is 5.34. The van der Waals surface area contributed by atoms with Gasteiger partial charge in [-0.25, -0.2) is 4.98 Å². The summed E-state index contributed by atoms with van der Waals surface area (Å²) in [5.74, 6) is -0.0930. The van der Waals surface area contributed by atoms with Crippen molar-refractivity contribution in [2.45, 2.75) is 6.73 Å². The molecular weight excluding hydrogens is 339 g/mol. The van der Waals surface area contributed by atoms with Gasteiger partial charge in [-0.1, -0.05) is 0 Å². The number of nitrogens with one attached hydrogen (secondary N) is 1. The Hall–Kier alpha value is 0.220. The minimum absolute atomic E-state index is 0. The van der Waals surface area contributed by atoms with E-state index in [0.717, 1.165) is 0 Å². The molecule has 0 aromatic carbocycles. The summed E-state index contributed by atoms with van der Waals surface area (Å²) in [4.78, 5) is 38.7. The number of nitrogens with zero attached hydrogens (tertiary/aromatic N) is 3. The van der Waals surface area contributed by atoms with Gasteiger partial charge in [-0.05, 0) is 0 Å². The summed E-state index contributed by atoms with van der Waals surface area (Å²) in [6.07, 6.45) is 0.566. The van der Waals surface area contributed by atoms with Crippen LogP contribution in [0.5, 0.6) is 0 Å². The number of nitrogens with two attached hydrogens (primary N) is 1. The summed E-state index contributed by atoms with van der Waals surface area (Å²) < 4.78 is 21.5. The van der Waals surface area contributed by atoms with Gasteiger partial charge in [0.05, 0.1) is 6.33 Å². The largest absolute Gasteiger partial charge is 0.369 e. The van der Waals surface area contributed by atoms with Crippen LogP contribution in [0.1, 0.15) is 0 Å². The maximum absolute atomic E-state index is 11.5. The first-order valence-electron chi connectivity index (χ1n) is 5.28. The average molecular weight is 351 g/mol. The monoisotopic (exact) mass is 351 g/mol. The van der Waals surface area contributed by atoms with Crippen LogP contribution in [0, 0.1) is 0 Å².